The number of benzene rings is 2. The molecule has 6 heteroatoms. The van der Waals surface area contributed by atoms with Crippen LogP contribution < -0.4 is 10.4 Å². The molecule has 3 rings (SSSR count). The number of halogens is 2. The molecule has 1 unspecified atom stereocenters. The molecule has 0 aliphatic heterocycles. The van der Waals surface area contributed by atoms with E-state index in [2.05, 4.69) is 11.9 Å². The first-order valence-corrected chi connectivity index (χ1v) is 10.8. The smallest absolute Gasteiger partial charge is 0.397 e. The fourth-order valence-electron chi connectivity index (χ4n) is 3.40. The molecule has 0 saturated heterocycles. The Hall–Kier alpha value is -2.04. The van der Waals surface area contributed by atoms with Crippen LogP contribution in [0.2, 0.25) is 10.0 Å². The first kappa shape index (κ1) is 21.7. The molecular weight excluding hydrogens is 409 g/mol. The Morgan fingerprint density at radius 3 is 2.55 bits per heavy atom. The van der Waals surface area contributed by atoms with Gasteiger partial charge in [-0.05, 0) is 37.0 Å². The molecule has 1 aromatic heterocycles. The van der Waals surface area contributed by atoms with Gasteiger partial charge in [0.15, 0.2) is 0 Å². The van der Waals surface area contributed by atoms with E-state index in [1.54, 1.807) is 13.0 Å². The highest BCUT2D eigenvalue weighted by molar-refractivity contribution is 6.43. The average Bonchev–Trinajstić information content (AvgIpc) is 2.71. The summed E-state index contributed by atoms with van der Waals surface area (Å²) in [5, 5.41) is 0.995. The normalized spacial score (nSPS) is 12.3. The molecule has 154 valence electrons. The predicted molar refractivity (Wildman–Crippen MR) is 118 cm³/mol. The molecular formula is C23H25Cl2NO3. The first-order valence-electron chi connectivity index (χ1n) is 10.0. The molecule has 0 N–H and O–H groups in total. The van der Waals surface area contributed by atoms with E-state index in [0.717, 1.165) is 24.8 Å². The Morgan fingerprint density at radius 2 is 1.83 bits per heavy atom. The van der Waals surface area contributed by atoms with Crippen LogP contribution in [-0.4, -0.2) is 4.98 Å². The molecule has 0 bridgehead atoms. The van der Waals surface area contributed by atoms with E-state index in [1.807, 2.05) is 30.3 Å². The van der Waals surface area contributed by atoms with Crippen molar-refractivity contribution >= 4 is 34.1 Å². The minimum Gasteiger partial charge on any atom is -0.442 e. The number of ether oxygens (including phenoxy) is 1. The van der Waals surface area contributed by atoms with Gasteiger partial charge in [-0.15, -0.1) is 0 Å². The molecule has 1 heterocycles. The van der Waals surface area contributed by atoms with Gasteiger partial charge in [-0.1, -0.05) is 86.1 Å². The summed E-state index contributed by atoms with van der Waals surface area (Å²) in [5.41, 5.74) is 1.46. The van der Waals surface area contributed by atoms with Gasteiger partial charge in [0.25, 0.3) is 0 Å². The highest BCUT2D eigenvalue weighted by atomic mass is 35.5. The number of nitrogens with zero attached hydrogens (tertiary/aromatic N) is 1. The summed E-state index contributed by atoms with van der Waals surface area (Å²) in [6, 6.07) is 11.5. The number of hydrogen-bond acceptors (Lipinski definition) is 4. The third kappa shape index (κ3) is 5.31. The maximum absolute atomic E-state index is 12.5. The third-order valence-electron chi connectivity index (χ3n) is 5.01. The largest absolute Gasteiger partial charge is 0.442 e. The summed E-state index contributed by atoms with van der Waals surface area (Å²) >= 11 is 12.3. The van der Waals surface area contributed by atoms with Crippen molar-refractivity contribution in [1.29, 1.82) is 0 Å². The number of hydrogen-bond donors (Lipinski definition) is 0. The van der Waals surface area contributed by atoms with Crippen LogP contribution in [-0.2, 0) is 0 Å². The Bertz CT molecular complexity index is 1020. The van der Waals surface area contributed by atoms with Crippen LogP contribution >= 0.6 is 23.2 Å². The molecule has 0 amide bonds. The van der Waals surface area contributed by atoms with Crippen LogP contribution in [0.4, 0.5) is 0 Å². The summed E-state index contributed by atoms with van der Waals surface area (Å²) in [6.07, 6.45) is 6.34. The van der Waals surface area contributed by atoms with Crippen molar-refractivity contribution in [2.75, 3.05) is 0 Å². The lowest BCUT2D eigenvalue weighted by atomic mass is 10.0. The van der Waals surface area contributed by atoms with E-state index in [9.17, 15) is 4.79 Å². The van der Waals surface area contributed by atoms with Crippen molar-refractivity contribution in [3.8, 4) is 6.08 Å². The average molecular weight is 434 g/mol. The molecule has 1 atom stereocenters. The summed E-state index contributed by atoms with van der Waals surface area (Å²) < 4.78 is 11.4. The zero-order valence-electron chi connectivity index (χ0n) is 16.7. The second-order valence-corrected chi connectivity index (χ2v) is 7.96. The second-order valence-electron chi connectivity index (χ2n) is 7.18. The topological polar surface area (TPSA) is 52.3 Å². The van der Waals surface area contributed by atoms with Gasteiger partial charge in [0.2, 0.25) is 0 Å². The number of aryl methyl sites for hydroxylation is 1. The van der Waals surface area contributed by atoms with E-state index in [-0.39, 0.29) is 12.2 Å². The summed E-state index contributed by atoms with van der Waals surface area (Å²) in [7, 11) is 0. The highest BCUT2D eigenvalue weighted by Gasteiger charge is 2.19. The SMILES string of the molecule is CCCCCCCC(Oc1nc2cc(Cl)c(Cl)c(C)c2c(=O)o1)c1ccccc1. The van der Waals surface area contributed by atoms with Gasteiger partial charge in [-0.2, -0.15) is 4.98 Å². The van der Waals surface area contributed by atoms with Crippen LogP contribution in [0.15, 0.2) is 45.6 Å². The van der Waals surface area contributed by atoms with E-state index in [4.69, 9.17) is 32.4 Å². The molecule has 0 aliphatic rings. The fourth-order valence-corrected chi connectivity index (χ4v) is 3.79. The number of aromatic nitrogens is 1. The minimum absolute atomic E-state index is 0.0531. The van der Waals surface area contributed by atoms with Crippen molar-refractivity contribution in [3.05, 3.63) is 68.0 Å². The Balaban J connectivity index is 1.87. The molecule has 4 nitrogen and oxygen atoms in total. The zero-order chi connectivity index (χ0) is 20.8. The van der Waals surface area contributed by atoms with Crippen molar-refractivity contribution in [1.82, 2.24) is 4.98 Å². The standard InChI is InChI=1S/C23H25Cl2NO3/c1-3-4-5-6-10-13-19(16-11-8-7-9-12-16)28-23-26-18-14-17(24)21(25)15(2)20(18)22(27)29-23/h7-9,11-12,14,19H,3-6,10,13H2,1-2H3. The maximum Gasteiger partial charge on any atom is 0.397 e. The molecule has 3 aromatic rings. The van der Waals surface area contributed by atoms with Crippen LogP contribution in [0.3, 0.4) is 0 Å². The van der Waals surface area contributed by atoms with Crippen molar-refractivity contribution in [3.63, 3.8) is 0 Å². The molecule has 0 aliphatic carbocycles. The molecule has 0 saturated carbocycles. The number of unbranched alkanes of at least 4 members (excludes halogenated alkanes) is 4. The third-order valence-corrected chi connectivity index (χ3v) is 5.90. The molecule has 0 fully saturated rings. The predicted octanol–water partition coefficient (Wildman–Crippen LogP) is 7.28. The van der Waals surface area contributed by atoms with Crippen LogP contribution in [0.25, 0.3) is 10.9 Å². The van der Waals surface area contributed by atoms with E-state index in [1.165, 1.54) is 19.3 Å². The lowest BCUT2D eigenvalue weighted by molar-refractivity contribution is 0.130. The lowest BCUT2D eigenvalue weighted by Crippen LogP contribution is -2.12. The summed E-state index contributed by atoms with van der Waals surface area (Å²) in [4.78, 5) is 16.9. The number of fused-ring (bicyclic) bond motifs is 1. The molecule has 0 radical (unpaired) electrons. The Morgan fingerprint density at radius 1 is 1.10 bits per heavy atom. The Labute approximate surface area is 180 Å². The lowest BCUT2D eigenvalue weighted by Gasteiger charge is -2.18. The fraction of sp³-hybridized carbons (Fsp3) is 0.391. The van der Waals surface area contributed by atoms with Gasteiger partial charge in [0, 0.05) is 0 Å². The van der Waals surface area contributed by atoms with Gasteiger partial charge in [-0.25, -0.2) is 4.79 Å². The van der Waals surface area contributed by atoms with E-state index < -0.39 is 5.63 Å². The highest BCUT2D eigenvalue weighted by Crippen LogP contribution is 2.32. The van der Waals surface area contributed by atoms with Crippen molar-refractivity contribution in [2.24, 2.45) is 0 Å². The second kappa shape index (κ2) is 10.1. The van der Waals surface area contributed by atoms with E-state index in [0.29, 0.717) is 26.5 Å². The van der Waals surface area contributed by atoms with E-state index >= 15 is 0 Å². The molecule has 2 aromatic carbocycles. The van der Waals surface area contributed by atoms with Crippen LogP contribution in [0, 0.1) is 6.92 Å². The minimum atomic E-state index is -0.532. The van der Waals surface area contributed by atoms with Gasteiger partial charge >= 0.3 is 11.7 Å². The zero-order valence-corrected chi connectivity index (χ0v) is 18.2. The maximum atomic E-state index is 12.5. The van der Waals surface area contributed by atoms with Crippen LogP contribution in [0.1, 0.15) is 62.7 Å². The monoisotopic (exact) mass is 433 g/mol. The van der Waals surface area contributed by atoms with Gasteiger partial charge in [0.1, 0.15) is 6.10 Å². The summed E-state index contributed by atoms with van der Waals surface area (Å²) in [6.45, 7) is 3.92. The Kier molecular flexibility index (Phi) is 7.57. The van der Waals surface area contributed by atoms with Crippen LogP contribution in [0.5, 0.6) is 6.08 Å². The number of rotatable bonds is 9. The molecule has 29 heavy (non-hydrogen) atoms. The molecule has 0 spiro atoms. The summed E-state index contributed by atoms with van der Waals surface area (Å²) in [5.74, 6) is 0. The van der Waals surface area contributed by atoms with Gasteiger partial charge in [0.05, 0.1) is 20.9 Å². The first-order chi connectivity index (χ1) is 14.0. The van der Waals surface area contributed by atoms with Gasteiger partial charge < -0.3 is 9.15 Å². The quantitative estimate of drug-likeness (QED) is 0.332. The van der Waals surface area contributed by atoms with Crippen molar-refractivity contribution in [2.45, 2.75) is 58.5 Å². The van der Waals surface area contributed by atoms with Gasteiger partial charge in [-0.3, -0.25) is 0 Å². The van der Waals surface area contributed by atoms with Crippen molar-refractivity contribution < 1.29 is 9.15 Å².